The first kappa shape index (κ1) is 15.0. The number of carbonyl (C=O) groups excluding carboxylic acids is 1. The number of rotatable bonds is 2. The molecule has 1 aromatic rings. The third-order valence-corrected chi connectivity index (χ3v) is 3.36. The van der Waals surface area contributed by atoms with Crippen molar-refractivity contribution in [3.8, 4) is 0 Å². The number of piperazine rings is 1. The molecule has 1 fully saturated rings. The topological polar surface area (TPSA) is 58.4 Å². The number of hydrogen-bond acceptors (Lipinski definition) is 4. The summed E-state index contributed by atoms with van der Waals surface area (Å²) in [5.74, 6) is 0.869. The van der Waals surface area contributed by atoms with Crippen molar-refractivity contribution in [1.82, 2.24) is 15.4 Å². The molecule has 1 aromatic heterocycles. The molecule has 5 nitrogen and oxygen atoms in total. The molecule has 0 aromatic carbocycles. The lowest BCUT2D eigenvalue weighted by Gasteiger charge is -2.38. The van der Waals surface area contributed by atoms with E-state index in [-0.39, 0.29) is 24.4 Å². The van der Waals surface area contributed by atoms with Crippen LogP contribution in [0.1, 0.15) is 25.3 Å². The number of aromatic nitrogens is 1. The van der Waals surface area contributed by atoms with E-state index in [2.05, 4.69) is 24.3 Å². The van der Waals surface area contributed by atoms with Gasteiger partial charge in [0.15, 0.2) is 0 Å². The number of nitrogens with one attached hydrogen (secondary N) is 1. The van der Waals surface area contributed by atoms with Crippen molar-refractivity contribution < 1.29 is 9.32 Å². The minimum Gasteiger partial charge on any atom is -0.361 e. The number of nitrogens with zero attached hydrogens (tertiary/aromatic N) is 2. The summed E-state index contributed by atoms with van der Waals surface area (Å²) in [6, 6.07) is 2.38. The highest BCUT2D eigenvalue weighted by molar-refractivity contribution is 5.85. The highest BCUT2D eigenvalue weighted by atomic mass is 35.5. The third-order valence-electron chi connectivity index (χ3n) is 3.36. The van der Waals surface area contributed by atoms with Gasteiger partial charge >= 0.3 is 0 Å². The first-order valence-electron chi connectivity index (χ1n) is 6.03. The van der Waals surface area contributed by atoms with Crippen molar-refractivity contribution in [2.24, 2.45) is 0 Å². The molecule has 102 valence electrons. The lowest BCUT2D eigenvalue weighted by Crippen LogP contribution is -2.57. The summed E-state index contributed by atoms with van der Waals surface area (Å²) < 4.78 is 4.97. The summed E-state index contributed by atoms with van der Waals surface area (Å²) >= 11 is 0. The Morgan fingerprint density at radius 3 is 2.94 bits per heavy atom. The molecule has 2 atom stereocenters. The van der Waals surface area contributed by atoms with Crippen LogP contribution in [0.3, 0.4) is 0 Å². The van der Waals surface area contributed by atoms with Gasteiger partial charge in [0.05, 0.1) is 12.1 Å². The molecule has 0 saturated carbocycles. The molecule has 18 heavy (non-hydrogen) atoms. The van der Waals surface area contributed by atoms with Gasteiger partial charge in [-0.25, -0.2) is 0 Å². The molecule has 1 aliphatic heterocycles. The van der Waals surface area contributed by atoms with Gasteiger partial charge in [-0.05, 0) is 20.8 Å². The molecular weight excluding hydrogens is 254 g/mol. The molecule has 0 bridgehead atoms. The van der Waals surface area contributed by atoms with Crippen LogP contribution in [0.25, 0.3) is 0 Å². The number of halogens is 1. The van der Waals surface area contributed by atoms with Gasteiger partial charge in [0, 0.05) is 31.2 Å². The maximum Gasteiger partial charge on any atom is 0.229 e. The van der Waals surface area contributed by atoms with E-state index in [1.54, 1.807) is 0 Å². The lowest BCUT2D eigenvalue weighted by molar-refractivity contribution is -0.134. The van der Waals surface area contributed by atoms with Gasteiger partial charge in [0.2, 0.25) is 5.91 Å². The summed E-state index contributed by atoms with van der Waals surface area (Å²) in [4.78, 5) is 14.1. The second-order valence-electron chi connectivity index (χ2n) is 4.68. The van der Waals surface area contributed by atoms with Gasteiger partial charge < -0.3 is 14.7 Å². The molecule has 1 aliphatic rings. The Kier molecular flexibility index (Phi) is 5.16. The number of carbonyl (C=O) groups is 1. The van der Waals surface area contributed by atoms with Crippen molar-refractivity contribution >= 4 is 18.3 Å². The van der Waals surface area contributed by atoms with Crippen LogP contribution in [0.5, 0.6) is 0 Å². The summed E-state index contributed by atoms with van der Waals surface area (Å²) in [6.07, 6.45) is 0.328. The van der Waals surface area contributed by atoms with Crippen molar-refractivity contribution in [3.63, 3.8) is 0 Å². The van der Waals surface area contributed by atoms with Crippen LogP contribution in [-0.4, -0.2) is 41.1 Å². The molecule has 0 spiro atoms. The normalized spacial score (nSPS) is 23.6. The monoisotopic (exact) mass is 273 g/mol. The minimum atomic E-state index is 0. The Hall–Kier alpha value is -1.07. The Morgan fingerprint density at radius 1 is 1.61 bits per heavy atom. The van der Waals surface area contributed by atoms with E-state index in [0.717, 1.165) is 18.8 Å². The zero-order chi connectivity index (χ0) is 12.4. The molecule has 6 heteroatoms. The van der Waals surface area contributed by atoms with Crippen LogP contribution in [0.4, 0.5) is 0 Å². The highest BCUT2D eigenvalue weighted by Crippen LogP contribution is 2.12. The molecule has 1 amide bonds. The van der Waals surface area contributed by atoms with E-state index >= 15 is 0 Å². The Labute approximate surface area is 113 Å². The second-order valence-corrected chi connectivity index (χ2v) is 4.68. The third kappa shape index (κ3) is 3.23. The number of aryl methyl sites for hydroxylation is 1. The van der Waals surface area contributed by atoms with Gasteiger partial charge in [0.25, 0.3) is 0 Å². The fraction of sp³-hybridized carbons (Fsp3) is 0.667. The maximum atomic E-state index is 12.1. The largest absolute Gasteiger partial charge is 0.361 e. The first-order valence-corrected chi connectivity index (χ1v) is 6.03. The SMILES string of the molecule is Cc1cc(CC(=O)N2CCNC(C)C2C)no1.Cl. The Bertz CT molecular complexity index is 408. The molecule has 0 aliphatic carbocycles. The Morgan fingerprint density at radius 2 is 2.33 bits per heavy atom. The van der Waals surface area contributed by atoms with E-state index in [9.17, 15) is 4.79 Å². The number of hydrogen-bond donors (Lipinski definition) is 1. The molecule has 2 heterocycles. The van der Waals surface area contributed by atoms with Crippen molar-refractivity contribution in [2.45, 2.75) is 39.3 Å². The van der Waals surface area contributed by atoms with Crippen LogP contribution in [0.15, 0.2) is 10.6 Å². The smallest absolute Gasteiger partial charge is 0.229 e. The predicted octanol–water partition coefficient (Wildman–Crippen LogP) is 1.16. The van der Waals surface area contributed by atoms with Gasteiger partial charge in [-0.2, -0.15) is 0 Å². The molecule has 0 radical (unpaired) electrons. The molecular formula is C12H20ClN3O2. The first-order chi connectivity index (χ1) is 8.08. The zero-order valence-electron chi connectivity index (χ0n) is 11.0. The highest BCUT2D eigenvalue weighted by Gasteiger charge is 2.28. The van der Waals surface area contributed by atoms with Crippen LogP contribution in [0.2, 0.25) is 0 Å². The molecule has 2 unspecified atom stereocenters. The maximum absolute atomic E-state index is 12.1. The van der Waals surface area contributed by atoms with E-state index in [4.69, 9.17) is 4.52 Å². The molecule has 1 saturated heterocycles. The van der Waals surface area contributed by atoms with Gasteiger partial charge in [0.1, 0.15) is 5.76 Å². The minimum absolute atomic E-state index is 0. The van der Waals surface area contributed by atoms with Crippen molar-refractivity contribution in [3.05, 3.63) is 17.5 Å². The van der Waals surface area contributed by atoms with Gasteiger partial charge in [-0.3, -0.25) is 4.79 Å². The summed E-state index contributed by atoms with van der Waals surface area (Å²) in [6.45, 7) is 7.62. The second kappa shape index (κ2) is 6.20. The standard InChI is InChI=1S/C12H19N3O2.ClH/c1-8-6-11(14-17-8)7-12(16)15-5-4-13-9(2)10(15)3;/h6,9-10,13H,4-5,7H2,1-3H3;1H. The quantitative estimate of drug-likeness (QED) is 0.878. The summed E-state index contributed by atoms with van der Waals surface area (Å²) in [5.41, 5.74) is 0.714. The van der Waals surface area contributed by atoms with Crippen LogP contribution in [0, 0.1) is 6.92 Å². The van der Waals surface area contributed by atoms with Gasteiger partial charge in [-0.15, -0.1) is 12.4 Å². The molecule has 2 rings (SSSR count). The van der Waals surface area contributed by atoms with E-state index in [1.807, 2.05) is 17.9 Å². The fourth-order valence-corrected chi connectivity index (χ4v) is 2.17. The van der Waals surface area contributed by atoms with Crippen molar-refractivity contribution in [1.29, 1.82) is 0 Å². The van der Waals surface area contributed by atoms with E-state index in [1.165, 1.54) is 0 Å². The van der Waals surface area contributed by atoms with Crippen LogP contribution >= 0.6 is 12.4 Å². The van der Waals surface area contributed by atoms with E-state index < -0.39 is 0 Å². The summed E-state index contributed by atoms with van der Waals surface area (Å²) in [7, 11) is 0. The Balaban J connectivity index is 0.00000162. The predicted molar refractivity (Wildman–Crippen MR) is 70.8 cm³/mol. The van der Waals surface area contributed by atoms with Gasteiger partial charge in [-0.1, -0.05) is 5.16 Å². The lowest BCUT2D eigenvalue weighted by atomic mass is 10.1. The average molecular weight is 274 g/mol. The van der Waals surface area contributed by atoms with Crippen LogP contribution < -0.4 is 5.32 Å². The fourth-order valence-electron chi connectivity index (χ4n) is 2.17. The number of amides is 1. The van der Waals surface area contributed by atoms with Crippen molar-refractivity contribution in [2.75, 3.05) is 13.1 Å². The average Bonchev–Trinajstić information content (AvgIpc) is 2.68. The molecule has 1 N–H and O–H groups in total. The van der Waals surface area contributed by atoms with Crippen LogP contribution in [-0.2, 0) is 11.2 Å². The van der Waals surface area contributed by atoms with E-state index in [0.29, 0.717) is 18.2 Å². The summed E-state index contributed by atoms with van der Waals surface area (Å²) in [5, 5.41) is 7.21. The zero-order valence-corrected chi connectivity index (χ0v) is 11.8.